The van der Waals surface area contributed by atoms with E-state index in [0.29, 0.717) is 6.54 Å². The maximum atomic E-state index is 11.2. The molecule has 0 atom stereocenters. The minimum atomic E-state index is -0.432. The number of thioether (sulfide) groups is 1. The number of nitrogens with zero attached hydrogens (tertiary/aromatic N) is 3. The van der Waals surface area contributed by atoms with Crippen LogP contribution in [0.15, 0.2) is 29.3 Å². The Morgan fingerprint density at radius 2 is 2.25 bits per heavy atom. The highest BCUT2D eigenvalue weighted by Gasteiger charge is 2.08. The number of hydrazine groups is 1. The van der Waals surface area contributed by atoms with Gasteiger partial charge in [-0.3, -0.25) is 14.9 Å². The van der Waals surface area contributed by atoms with Crippen LogP contribution in [0.1, 0.15) is 21.6 Å². The molecule has 0 aliphatic carbocycles. The van der Waals surface area contributed by atoms with Crippen LogP contribution >= 0.6 is 11.8 Å². The Hall–Kier alpha value is -1.86. The van der Waals surface area contributed by atoms with Gasteiger partial charge >= 0.3 is 0 Å². The summed E-state index contributed by atoms with van der Waals surface area (Å²) in [5.41, 5.74) is 4.79. The first-order valence-electron chi connectivity index (χ1n) is 6.21. The average Bonchev–Trinajstić information content (AvgIpc) is 2.89. The number of aryl methyl sites for hydroxylation is 3. The Labute approximate surface area is 121 Å². The molecule has 1 aromatic heterocycles. The number of nitrogens with two attached hydrogens (primary N) is 1. The van der Waals surface area contributed by atoms with Gasteiger partial charge in [-0.25, -0.2) is 5.84 Å². The Kier molecular flexibility index (Phi) is 4.75. The van der Waals surface area contributed by atoms with Gasteiger partial charge < -0.3 is 0 Å². The van der Waals surface area contributed by atoms with E-state index >= 15 is 0 Å². The molecule has 0 aliphatic heterocycles. The number of carbonyl (C=O) groups is 1. The van der Waals surface area contributed by atoms with E-state index in [9.17, 15) is 4.79 Å². The standard InChI is InChI=1S/C13H17N5OS/c1-9-3-4-12(10(2)7-9)20-6-5-18-8-11(16-17-18)13(19)15-14/h3-4,7-8H,5-6,14H2,1-2H3,(H,15,19). The van der Waals surface area contributed by atoms with Gasteiger partial charge in [-0.05, 0) is 25.5 Å². The maximum Gasteiger partial charge on any atom is 0.287 e. The zero-order chi connectivity index (χ0) is 14.5. The Balaban J connectivity index is 1.89. The normalized spacial score (nSPS) is 10.6. The second-order valence-corrected chi connectivity index (χ2v) is 5.59. The van der Waals surface area contributed by atoms with Gasteiger partial charge in [-0.2, -0.15) is 0 Å². The lowest BCUT2D eigenvalue weighted by Crippen LogP contribution is -2.30. The quantitative estimate of drug-likeness (QED) is 0.375. The molecule has 3 N–H and O–H groups in total. The maximum absolute atomic E-state index is 11.2. The summed E-state index contributed by atoms with van der Waals surface area (Å²) >= 11 is 1.76. The summed E-state index contributed by atoms with van der Waals surface area (Å²) in [6.07, 6.45) is 1.59. The molecule has 0 spiro atoms. The summed E-state index contributed by atoms with van der Waals surface area (Å²) < 4.78 is 1.64. The molecule has 1 aromatic carbocycles. The molecule has 0 bridgehead atoms. The van der Waals surface area contributed by atoms with Crippen LogP contribution in [0.3, 0.4) is 0 Å². The van der Waals surface area contributed by atoms with Gasteiger partial charge in [0.1, 0.15) is 0 Å². The lowest BCUT2D eigenvalue weighted by atomic mass is 10.2. The molecule has 2 aromatic rings. The van der Waals surface area contributed by atoms with Crippen LogP contribution in [0.4, 0.5) is 0 Å². The molecule has 1 amide bonds. The third kappa shape index (κ3) is 3.58. The van der Waals surface area contributed by atoms with Gasteiger partial charge in [0.25, 0.3) is 5.91 Å². The second kappa shape index (κ2) is 6.53. The van der Waals surface area contributed by atoms with E-state index in [1.165, 1.54) is 16.0 Å². The van der Waals surface area contributed by atoms with Crippen molar-refractivity contribution in [3.8, 4) is 0 Å². The van der Waals surface area contributed by atoms with Crippen molar-refractivity contribution in [2.45, 2.75) is 25.3 Å². The molecule has 20 heavy (non-hydrogen) atoms. The van der Waals surface area contributed by atoms with Crippen molar-refractivity contribution < 1.29 is 4.79 Å². The molecule has 6 nitrogen and oxygen atoms in total. The largest absolute Gasteiger partial charge is 0.289 e. The molecular formula is C13H17N5OS. The Morgan fingerprint density at radius 3 is 2.95 bits per heavy atom. The van der Waals surface area contributed by atoms with Gasteiger partial charge in [-0.1, -0.05) is 22.9 Å². The van der Waals surface area contributed by atoms with E-state index in [0.717, 1.165) is 5.75 Å². The van der Waals surface area contributed by atoms with E-state index in [2.05, 4.69) is 42.4 Å². The number of nitrogen functional groups attached to an aromatic ring is 1. The predicted octanol–water partition coefficient (Wildman–Crippen LogP) is 1.29. The van der Waals surface area contributed by atoms with Crippen molar-refractivity contribution in [1.29, 1.82) is 0 Å². The van der Waals surface area contributed by atoms with Gasteiger partial charge in [0.05, 0.1) is 12.7 Å². The second-order valence-electron chi connectivity index (χ2n) is 4.46. The minimum absolute atomic E-state index is 0.226. The molecule has 106 valence electrons. The molecule has 0 radical (unpaired) electrons. The number of aromatic nitrogens is 3. The highest BCUT2D eigenvalue weighted by Crippen LogP contribution is 2.23. The predicted molar refractivity (Wildman–Crippen MR) is 78.3 cm³/mol. The third-order valence-electron chi connectivity index (χ3n) is 2.81. The van der Waals surface area contributed by atoms with Crippen LogP contribution in [0.2, 0.25) is 0 Å². The van der Waals surface area contributed by atoms with Crippen molar-refractivity contribution in [2.24, 2.45) is 5.84 Å². The number of hydrogen-bond donors (Lipinski definition) is 2. The summed E-state index contributed by atoms with van der Waals surface area (Å²) in [5.74, 6) is 5.46. The van der Waals surface area contributed by atoms with Gasteiger partial charge in [-0.15, -0.1) is 16.9 Å². The molecule has 7 heteroatoms. The van der Waals surface area contributed by atoms with Gasteiger partial charge in [0.15, 0.2) is 5.69 Å². The molecular weight excluding hydrogens is 274 g/mol. The summed E-state index contributed by atoms with van der Waals surface area (Å²) in [6.45, 7) is 4.87. The molecule has 2 rings (SSSR count). The van der Waals surface area contributed by atoms with Crippen molar-refractivity contribution in [1.82, 2.24) is 20.4 Å². The van der Waals surface area contributed by atoms with E-state index in [-0.39, 0.29) is 5.69 Å². The summed E-state index contributed by atoms with van der Waals surface area (Å²) in [7, 11) is 0. The van der Waals surface area contributed by atoms with Crippen LogP contribution in [0.25, 0.3) is 0 Å². The first-order valence-corrected chi connectivity index (χ1v) is 7.20. The highest BCUT2D eigenvalue weighted by atomic mass is 32.2. The van der Waals surface area contributed by atoms with E-state index < -0.39 is 5.91 Å². The Morgan fingerprint density at radius 1 is 1.45 bits per heavy atom. The monoisotopic (exact) mass is 291 g/mol. The number of rotatable bonds is 5. The fraction of sp³-hybridized carbons (Fsp3) is 0.308. The highest BCUT2D eigenvalue weighted by molar-refractivity contribution is 7.99. The summed E-state index contributed by atoms with van der Waals surface area (Å²) in [4.78, 5) is 12.5. The average molecular weight is 291 g/mol. The summed E-state index contributed by atoms with van der Waals surface area (Å²) in [5, 5.41) is 7.64. The molecule has 0 aliphatic rings. The third-order valence-corrected chi connectivity index (χ3v) is 3.97. The lowest BCUT2D eigenvalue weighted by molar-refractivity contribution is 0.0948. The molecule has 0 fully saturated rings. The minimum Gasteiger partial charge on any atom is -0.289 e. The molecule has 0 saturated heterocycles. The van der Waals surface area contributed by atoms with Crippen molar-refractivity contribution in [3.05, 3.63) is 41.2 Å². The number of nitrogens with one attached hydrogen (secondary N) is 1. The first-order chi connectivity index (χ1) is 9.60. The lowest BCUT2D eigenvalue weighted by Gasteiger charge is -2.06. The molecule has 0 saturated carbocycles. The molecule has 0 unspecified atom stereocenters. The smallest absolute Gasteiger partial charge is 0.287 e. The number of carbonyl (C=O) groups excluding carboxylic acids is 1. The van der Waals surface area contributed by atoms with Crippen LogP contribution in [-0.2, 0) is 6.54 Å². The SMILES string of the molecule is Cc1ccc(SCCn2cc(C(=O)NN)nn2)c(C)c1. The van der Waals surface area contributed by atoms with Crippen molar-refractivity contribution >= 4 is 17.7 Å². The number of hydrogen-bond acceptors (Lipinski definition) is 5. The summed E-state index contributed by atoms with van der Waals surface area (Å²) in [6, 6.07) is 6.40. The van der Waals surface area contributed by atoms with E-state index in [4.69, 9.17) is 5.84 Å². The van der Waals surface area contributed by atoms with Crippen LogP contribution in [0, 0.1) is 13.8 Å². The van der Waals surface area contributed by atoms with Crippen LogP contribution in [-0.4, -0.2) is 26.7 Å². The first kappa shape index (κ1) is 14.5. The fourth-order valence-corrected chi connectivity index (χ4v) is 2.75. The van der Waals surface area contributed by atoms with Gasteiger partial charge in [0.2, 0.25) is 0 Å². The van der Waals surface area contributed by atoms with E-state index in [1.54, 1.807) is 22.6 Å². The fourth-order valence-electron chi connectivity index (χ4n) is 1.80. The van der Waals surface area contributed by atoms with Crippen LogP contribution in [0.5, 0.6) is 0 Å². The topological polar surface area (TPSA) is 85.8 Å². The zero-order valence-corrected chi connectivity index (χ0v) is 12.3. The number of amides is 1. The molecule has 1 heterocycles. The Bertz CT molecular complexity index is 611. The zero-order valence-electron chi connectivity index (χ0n) is 11.5. The van der Waals surface area contributed by atoms with Crippen molar-refractivity contribution in [2.75, 3.05) is 5.75 Å². The van der Waals surface area contributed by atoms with Crippen LogP contribution < -0.4 is 11.3 Å². The number of benzene rings is 1. The van der Waals surface area contributed by atoms with E-state index in [1.807, 2.05) is 5.43 Å². The van der Waals surface area contributed by atoms with Gasteiger partial charge in [0, 0.05) is 10.6 Å². The van der Waals surface area contributed by atoms with Crippen molar-refractivity contribution in [3.63, 3.8) is 0 Å².